The van der Waals surface area contributed by atoms with Crippen LogP contribution >= 0.6 is 11.6 Å². The highest BCUT2D eigenvalue weighted by atomic mass is 35.5. The molecule has 84 valence electrons. The fourth-order valence-corrected chi connectivity index (χ4v) is 1.87. The molecule has 16 heavy (non-hydrogen) atoms. The summed E-state index contributed by atoms with van der Waals surface area (Å²) in [5, 5.41) is 9.40. The van der Waals surface area contributed by atoms with Crippen molar-refractivity contribution in [3.63, 3.8) is 0 Å². The lowest BCUT2D eigenvalue weighted by Crippen LogP contribution is -2.00. The Kier molecular flexibility index (Phi) is 2.83. The van der Waals surface area contributed by atoms with Crippen LogP contribution in [0.15, 0.2) is 18.3 Å². The molecule has 0 saturated carbocycles. The Balaban J connectivity index is 2.63. The molecule has 4 nitrogen and oxygen atoms in total. The van der Waals surface area contributed by atoms with E-state index in [0.29, 0.717) is 10.7 Å². The summed E-state index contributed by atoms with van der Waals surface area (Å²) >= 11 is 5.90. The van der Waals surface area contributed by atoms with Crippen LogP contribution in [0.2, 0.25) is 5.02 Å². The van der Waals surface area contributed by atoms with E-state index in [4.69, 9.17) is 16.7 Å². The van der Waals surface area contributed by atoms with Crippen molar-refractivity contribution in [2.75, 3.05) is 0 Å². The van der Waals surface area contributed by atoms with Gasteiger partial charge in [0.15, 0.2) is 0 Å². The molecule has 0 atom stereocenters. The number of imidazole rings is 1. The van der Waals surface area contributed by atoms with E-state index in [0.717, 1.165) is 17.8 Å². The van der Waals surface area contributed by atoms with Crippen molar-refractivity contribution >= 4 is 23.1 Å². The van der Waals surface area contributed by atoms with Crippen molar-refractivity contribution in [3.05, 3.63) is 34.9 Å². The number of hydrogen-bond donors (Lipinski definition) is 1. The topological polar surface area (TPSA) is 54.6 Å². The summed E-state index contributed by atoms with van der Waals surface area (Å²) < 4.78 is 1.85. The lowest BCUT2D eigenvalue weighted by molar-refractivity contribution is -0.136. The van der Waals surface area contributed by atoms with E-state index in [9.17, 15) is 4.79 Å². The summed E-state index contributed by atoms with van der Waals surface area (Å²) in [6.45, 7) is 1.97. The zero-order valence-corrected chi connectivity index (χ0v) is 9.53. The number of carboxylic acid groups (broad SMARTS) is 1. The predicted octanol–water partition coefficient (Wildman–Crippen LogP) is 2.18. The molecule has 0 aromatic carbocycles. The maximum Gasteiger partial charge on any atom is 0.309 e. The third-order valence-corrected chi connectivity index (χ3v) is 2.61. The summed E-state index contributed by atoms with van der Waals surface area (Å²) in [5.74, 6) is -0.0497. The number of pyridine rings is 1. The van der Waals surface area contributed by atoms with E-state index in [1.807, 2.05) is 11.3 Å². The summed E-state index contributed by atoms with van der Waals surface area (Å²) in [6, 6.07) is 3.54. The Morgan fingerprint density at radius 2 is 2.31 bits per heavy atom. The lowest BCUT2D eigenvalue weighted by Gasteiger charge is -1.98. The van der Waals surface area contributed by atoms with Crippen molar-refractivity contribution in [1.82, 2.24) is 9.38 Å². The number of fused-ring (bicyclic) bond motifs is 1. The minimum Gasteiger partial charge on any atom is -0.481 e. The molecule has 1 N–H and O–H groups in total. The number of carbonyl (C=O) groups is 1. The van der Waals surface area contributed by atoms with Crippen LogP contribution in [-0.2, 0) is 17.6 Å². The second-order valence-electron chi connectivity index (χ2n) is 3.50. The Morgan fingerprint density at radius 1 is 1.56 bits per heavy atom. The van der Waals surface area contributed by atoms with Gasteiger partial charge in [0.1, 0.15) is 5.82 Å². The molecule has 2 aromatic rings. The molecule has 2 rings (SSSR count). The molecular weight excluding hydrogens is 228 g/mol. The van der Waals surface area contributed by atoms with Crippen LogP contribution in [0, 0.1) is 0 Å². The second kappa shape index (κ2) is 4.14. The summed E-state index contributed by atoms with van der Waals surface area (Å²) in [6.07, 6.45) is 2.43. The van der Waals surface area contributed by atoms with E-state index < -0.39 is 5.97 Å². The first-order chi connectivity index (χ1) is 7.61. The third kappa shape index (κ3) is 1.88. The zero-order valence-electron chi connectivity index (χ0n) is 8.77. The van der Waals surface area contributed by atoms with Crippen LogP contribution in [0.4, 0.5) is 0 Å². The number of aromatic nitrogens is 2. The van der Waals surface area contributed by atoms with Crippen molar-refractivity contribution in [2.24, 2.45) is 0 Å². The summed E-state index contributed by atoms with van der Waals surface area (Å²) in [5.41, 5.74) is 1.39. The van der Waals surface area contributed by atoms with Gasteiger partial charge in [-0.15, -0.1) is 0 Å². The number of aliphatic carboxylic acids is 1. The highest BCUT2D eigenvalue weighted by Crippen LogP contribution is 2.18. The number of nitrogens with zero attached hydrogens (tertiary/aromatic N) is 2. The quantitative estimate of drug-likeness (QED) is 0.892. The number of carboxylic acids is 1. The fourth-order valence-electron chi connectivity index (χ4n) is 1.71. The van der Waals surface area contributed by atoms with Crippen molar-refractivity contribution in [3.8, 4) is 0 Å². The first-order valence-electron chi connectivity index (χ1n) is 4.99. The number of rotatable bonds is 3. The van der Waals surface area contributed by atoms with Gasteiger partial charge in [0.2, 0.25) is 0 Å². The molecule has 0 bridgehead atoms. The van der Waals surface area contributed by atoms with Gasteiger partial charge < -0.3 is 9.51 Å². The van der Waals surface area contributed by atoms with E-state index in [2.05, 4.69) is 4.98 Å². The number of halogens is 1. The molecule has 0 radical (unpaired) electrons. The lowest BCUT2D eigenvalue weighted by atomic mass is 10.2. The van der Waals surface area contributed by atoms with Crippen LogP contribution < -0.4 is 0 Å². The minimum absolute atomic E-state index is 0.0644. The average molecular weight is 239 g/mol. The molecule has 5 heteroatoms. The van der Waals surface area contributed by atoms with Crippen molar-refractivity contribution in [2.45, 2.75) is 19.8 Å². The largest absolute Gasteiger partial charge is 0.481 e. The maximum absolute atomic E-state index is 10.7. The fraction of sp³-hybridized carbons (Fsp3) is 0.273. The molecule has 2 heterocycles. The summed E-state index contributed by atoms with van der Waals surface area (Å²) in [4.78, 5) is 15.0. The first-order valence-corrected chi connectivity index (χ1v) is 5.36. The Labute approximate surface area is 97.5 Å². The van der Waals surface area contributed by atoms with E-state index in [-0.39, 0.29) is 6.42 Å². The number of hydrogen-bond acceptors (Lipinski definition) is 2. The molecule has 0 aliphatic heterocycles. The zero-order chi connectivity index (χ0) is 11.7. The van der Waals surface area contributed by atoms with Crippen molar-refractivity contribution in [1.29, 1.82) is 0 Å². The highest BCUT2D eigenvalue weighted by Gasteiger charge is 2.12. The van der Waals surface area contributed by atoms with Crippen LogP contribution in [-0.4, -0.2) is 20.5 Å². The van der Waals surface area contributed by atoms with Crippen LogP contribution in [0.25, 0.3) is 5.52 Å². The monoisotopic (exact) mass is 238 g/mol. The van der Waals surface area contributed by atoms with Gasteiger partial charge in [-0.2, -0.15) is 0 Å². The minimum atomic E-state index is -0.877. The van der Waals surface area contributed by atoms with Crippen molar-refractivity contribution < 1.29 is 9.90 Å². The third-order valence-electron chi connectivity index (χ3n) is 2.39. The maximum atomic E-state index is 10.7. The van der Waals surface area contributed by atoms with Gasteiger partial charge in [-0.05, 0) is 12.1 Å². The SMILES string of the molecule is CCc1nc(CC(=O)O)c2ccc(Cl)cn12. The van der Waals surface area contributed by atoms with Gasteiger partial charge in [-0.1, -0.05) is 18.5 Å². The molecule has 0 aliphatic rings. The van der Waals surface area contributed by atoms with Gasteiger partial charge in [0.25, 0.3) is 0 Å². The molecule has 0 aliphatic carbocycles. The van der Waals surface area contributed by atoms with Gasteiger partial charge in [-0.3, -0.25) is 4.79 Å². The van der Waals surface area contributed by atoms with Gasteiger partial charge >= 0.3 is 5.97 Å². The second-order valence-corrected chi connectivity index (χ2v) is 3.94. The Morgan fingerprint density at radius 3 is 2.94 bits per heavy atom. The normalized spacial score (nSPS) is 10.9. The average Bonchev–Trinajstić information content (AvgIpc) is 2.55. The molecule has 0 saturated heterocycles. The summed E-state index contributed by atoms with van der Waals surface area (Å²) in [7, 11) is 0. The highest BCUT2D eigenvalue weighted by molar-refractivity contribution is 6.30. The van der Waals surface area contributed by atoms with Gasteiger partial charge in [0.05, 0.1) is 22.7 Å². The smallest absolute Gasteiger partial charge is 0.309 e. The number of aryl methyl sites for hydroxylation is 1. The standard InChI is InChI=1S/C11H11ClN2O2/c1-2-10-13-8(5-11(15)16)9-4-3-7(12)6-14(9)10/h3-4,6H,2,5H2,1H3,(H,15,16). The van der Waals surface area contributed by atoms with Gasteiger partial charge in [0, 0.05) is 12.6 Å². The van der Waals surface area contributed by atoms with Gasteiger partial charge in [-0.25, -0.2) is 4.98 Å². The van der Waals surface area contributed by atoms with Crippen LogP contribution in [0.1, 0.15) is 18.4 Å². The Hall–Kier alpha value is -1.55. The molecule has 2 aromatic heterocycles. The molecular formula is C11H11ClN2O2. The van der Waals surface area contributed by atoms with Crippen LogP contribution in [0.3, 0.4) is 0 Å². The predicted molar refractivity (Wildman–Crippen MR) is 60.9 cm³/mol. The molecule has 0 unspecified atom stereocenters. The van der Waals surface area contributed by atoms with E-state index >= 15 is 0 Å². The van der Waals surface area contributed by atoms with E-state index in [1.54, 1.807) is 18.3 Å². The molecule has 0 spiro atoms. The molecule has 0 amide bonds. The first kappa shape index (κ1) is 11.0. The Bertz CT molecular complexity index is 548. The van der Waals surface area contributed by atoms with Crippen LogP contribution in [0.5, 0.6) is 0 Å². The van der Waals surface area contributed by atoms with E-state index in [1.165, 1.54) is 0 Å². The molecule has 0 fully saturated rings.